The van der Waals surface area contributed by atoms with Crippen molar-refractivity contribution in [3.63, 3.8) is 0 Å². The van der Waals surface area contributed by atoms with E-state index >= 15 is 0 Å². The Morgan fingerprint density at radius 3 is 2.29 bits per heavy atom. The first-order valence-corrected chi connectivity index (χ1v) is 9.22. The molecular formula is C19H26FN3O. The predicted octanol–water partition coefficient (Wildman–Crippen LogP) is 2.40. The summed E-state index contributed by atoms with van der Waals surface area (Å²) in [5.74, 6) is 0.676. The standard InChI is InChI=1S/C19H26FN3O/c20-15-1-5-18(6-2-15)22-7-9-23(10-8-22)19(24)13-14-11-16-3-4-17(12-14)21-16/h1-2,5-6,14,16-17,21H,3-4,7-13H2. The Morgan fingerprint density at radius 2 is 1.67 bits per heavy atom. The number of amides is 1. The number of hydrogen-bond acceptors (Lipinski definition) is 3. The summed E-state index contributed by atoms with van der Waals surface area (Å²) in [6, 6.07) is 7.93. The minimum absolute atomic E-state index is 0.205. The van der Waals surface area contributed by atoms with Gasteiger partial charge >= 0.3 is 0 Å². The largest absolute Gasteiger partial charge is 0.368 e. The topological polar surface area (TPSA) is 35.6 Å². The molecule has 2 unspecified atom stereocenters. The SMILES string of the molecule is O=C(CC1CC2CCC(C1)N2)N1CCN(c2ccc(F)cc2)CC1. The number of anilines is 1. The van der Waals surface area contributed by atoms with E-state index < -0.39 is 0 Å². The van der Waals surface area contributed by atoms with Crippen molar-refractivity contribution >= 4 is 11.6 Å². The lowest BCUT2D eigenvalue weighted by Gasteiger charge is -2.37. The lowest BCUT2D eigenvalue weighted by molar-refractivity contribution is -0.132. The predicted molar refractivity (Wildman–Crippen MR) is 92.5 cm³/mol. The van der Waals surface area contributed by atoms with Crippen molar-refractivity contribution in [3.8, 4) is 0 Å². The highest BCUT2D eigenvalue weighted by atomic mass is 19.1. The van der Waals surface area contributed by atoms with Gasteiger partial charge in [0.15, 0.2) is 0 Å². The van der Waals surface area contributed by atoms with Crippen molar-refractivity contribution in [1.82, 2.24) is 10.2 Å². The average Bonchev–Trinajstić information content (AvgIpc) is 2.94. The van der Waals surface area contributed by atoms with Gasteiger partial charge in [-0.25, -0.2) is 4.39 Å². The molecule has 0 radical (unpaired) electrons. The zero-order valence-corrected chi connectivity index (χ0v) is 14.1. The molecule has 3 aliphatic heterocycles. The Kier molecular flexibility index (Phi) is 4.44. The van der Waals surface area contributed by atoms with Crippen LogP contribution in [0.1, 0.15) is 32.1 Å². The fraction of sp³-hybridized carbons (Fsp3) is 0.632. The van der Waals surface area contributed by atoms with Gasteiger partial charge in [-0.1, -0.05) is 0 Å². The zero-order chi connectivity index (χ0) is 16.5. The van der Waals surface area contributed by atoms with Crippen LogP contribution in [-0.4, -0.2) is 49.1 Å². The third kappa shape index (κ3) is 3.41. The maximum absolute atomic E-state index is 13.0. The van der Waals surface area contributed by atoms with Gasteiger partial charge in [0.1, 0.15) is 5.82 Å². The number of hydrogen-bond donors (Lipinski definition) is 1. The maximum atomic E-state index is 13.0. The molecule has 3 saturated heterocycles. The number of rotatable bonds is 3. The molecule has 0 saturated carbocycles. The Hall–Kier alpha value is -1.62. The molecule has 1 N–H and O–H groups in total. The first-order chi connectivity index (χ1) is 11.7. The number of benzene rings is 1. The van der Waals surface area contributed by atoms with Gasteiger partial charge in [-0.15, -0.1) is 0 Å². The average molecular weight is 331 g/mol. The zero-order valence-electron chi connectivity index (χ0n) is 14.1. The molecule has 3 fully saturated rings. The summed E-state index contributed by atoms with van der Waals surface area (Å²) >= 11 is 0. The van der Waals surface area contributed by atoms with Crippen LogP contribution in [0.5, 0.6) is 0 Å². The van der Waals surface area contributed by atoms with Crippen LogP contribution in [0, 0.1) is 11.7 Å². The van der Waals surface area contributed by atoms with Crippen LogP contribution in [0.3, 0.4) is 0 Å². The van der Waals surface area contributed by atoms with Crippen LogP contribution >= 0.6 is 0 Å². The Balaban J connectivity index is 1.27. The van der Waals surface area contributed by atoms with Crippen LogP contribution in [0.2, 0.25) is 0 Å². The Bertz CT molecular complexity index is 571. The Morgan fingerprint density at radius 1 is 1.04 bits per heavy atom. The van der Waals surface area contributed by atoms with Crippen LogP contribution in [0.15, 0.2) is 24.3 Å². The fourth-order valence-electron chi connectivity index (χ4n) is 4.58. The summed E-state index contributed by atoms with van der Waals surface area (Å²) in [6.07, 6.45) is 5.61. The van der Waals surface area contributed by atoms with E-state index in [4.69, 9.17) is 0 Å². The lowest BCUT2D eigenvalue weighted by atomic mass is 9.89. The molecule has 4 nitrogen and oxygen atoms in total. The molecule has 4 rings (SSSR count). The highest BCUT2D eigenvalue weighted by Gasteiger charge is 2.35. The first kappa shape index (κ1) is 15.9. The molecule has 3 heterocycles. The van der Waals surface area contributed by atoms with Gasteiger partial charge < -0.3 is 15.1 Å². The highest BCUT2D eigenvalue weighted by Crippen LogP contribution is 2.33. The van der Waals surface area contributed by atoms with Gasteiger partial charge in [-0.05, 0) is 55.9 Å². The second kappa shape index (κ2) is 6.71. The minimum atomic E-state index is -0.205. The van der Waals surface area contributed by atoms with Crippen molar-refractivity contribution in [3.05, 3.63) is 30.1 Å². The summed E-state index contributed by atoms with van der Waals surface area (Å²) in [7, 11) is 0. The first-order valence-electron chi connectivity index (χ1n) is 9.22. The summed E-state index contributed by atoms with van der Waals surface area (Å²) in [5.41, 5.74) is 1.04. The van der Waals surface area contributed by atoms with Crippen LogP contribution in [-0.2, 0) is 4.79 Å². The van der Waals surface area contributed by atoms with Crippen LogP contribution in [0.4, 0.5) is 10.1 Å². The van der Waals surface area contributed by atoms with Gasteiger partial charge in [0.05, 0.1) is 0 Å². The fourth-order valence-corrected chi connectivity index (χ4v) is 4.58. The molecule has 5 heteroatoms. The number of nitrogens with zero attached hydrogens (tertiary/aromatic N) is 2. The van der Waals surface area contributed by atoms with Crippen molar-refractivity contribution < 1.29 is 9.18 Å². The Labute approximate surface area is 143 Å². The van der Waals surface area contributed by atoms with E-state index in [9.17, 15) is 9.18 Å². The van der Waals surface area contributed by atoms with E-state index in [1.54, 1.807) is 0 Å². The van der Waals surface area contributed by atoms with Crippen molar-refractivity contribution in [2.75, 3.05) is 31.1 Å². The van der Waals surface area contributed by atoms with Gasteiger partial charge in [-0.2, -0.15) is 0 Å². The van der Waals surface area contributed by atoms with Crippen molar-refractivity contribution in [1.29, 1.82) is 0 Å². The van der Waals surface area contributed by atoms with E-state index in [1.807, 2.05) is 17.0 Å². The summed E-state index contributed by atoms with van der Waals surface area (Å²) in [5, 5.41) is 3.64. The number of piperazine rings is 1. The molecule has 0 spiro atoms. The quantitative estimate of drug-likeness (QED) is 0.924. The molecule has 1 aromatic rings. The molecule has 0 aromatic heterocycles. The number of carbonyl (C=O) groups is 1. The van der Waals surface area contributed by atoms with Crippen molar-refractivity contribution in [2.24, 2.45) is 5.92 Å². The number of nitrogens with one attached hydrogen (secondary N) is 1. The number of carbonyl (C=O) groups excluding carboxylic acids is 1. The maximum Gasteiger partial charge on any atom is 0.222 e. The van der Waals surface area contributed by atoms with E-state index in [0.29, 0.717) is 30.3 Å². The molecular weight excluding hydrogens is 305 g/mol. The van der Waals surface area contributed by atoms with Crippen LogP contribution < -0.4 is 10.2 Å². The third-order valence-corrected chi connectivity index (χ3v) is 5.86. The molecule has 1 amide bonds. The summed E-state index contributed by atoms with van der Waals surface area (Å²) < 4.78 is 13.0. The number of halogens is 1. The monoisotopic (exact) mass is 331 g/mol. The number of fused-ring (bicyclic) bond motifs is 2. The molecule has 24 heavy (non-hydrogen) atoms. The van der Waals surface area contributed by atoms with Gasteiger partial charge in [0.2, 0.25) is 5.91 Å². The van der Waals surface area contributed by atoms with E-state index in [1.165, 1.54) is 25.0 Å². The summed E-state index contributed by atoms with van der Waals surface area (Å²) in [4.78, 5) is 16.9. The molecule has 130 valence electrons. The van der Waals surface area contributed by atoms with Gasteiger partial charge in [-0.3, -0.25) is 4.79 Å². The third-order valence-electron chi connectivity index (χ3n) is 5.86. The van der Waals surface area contributed by atoms with Crippen LogP contribution in [0.25, 0.3) is 0 Å². The molecule has 0 aliphatic carbocycles. The molecule has 1 aromatic carbocycles. The van der Waals surface area contributed by atoms with E-state index in [-0.39, 0.29) is 5.82 Å². The smallest absolute Gasteiger partial charge is 0.222 e. The van der Waals surface area contributed by atoms with Gasteiger partial charge in [0, 0.05) is 50.4 Å². The van der Waals surface area contributed by atoms with Crippen molar-refractivity contribution in [2.45, 2.75) is 44.2 Å². The second-order valence-corrected chi connectivity index (χ2v) is 7.52. The highest BCUT2D eigenvalue weighted by molar-refractivity contribution is 5.76. The normalized spacial score (nSPS) is 29.8. The molecule has 2 atom stereocenters. The molecule has 3 aliphatic rings. The van der Waals surface area contributed by atoms with E-state index in [0.717, 1.165) is 44.7 Å². The van der Waals surface area contributed by atoms with Gasteiger partial charge in [0.25, 0.3) is 0 Å². The second-order valence-electron chi connectivity index (χ2n) is 7.52. The molecule has 2 bridgehead atoms. The van der Waals surface area contributed by atoms with E-state index in [2.05, 4.69) is 10.2 Å². The lowest BCUT2D eigenvalue weighted by Crippen LogP contribution is -2.49. The summed E-state index contributed by atoms with van der Waals surface area (Å²) in [6.45, 7) is 3.20. The number of piperidine rings is 1. The minimum Gasteiger partial charge on any atom is -0.368 e.